The standard InChI is InChI=1S/C48H65FN2O5/c1-29(2)33-18-24-48(26-25-46(6)35(39(33)48)16-17-37-45(5)22-20-38(52)44(3,4)36(45)19-23-47(37,46)7)43(55)50-27-21-31-10-9-11-34(40(31)49)41(53)51-28-30-12-14-32(15-13-30)42(54)56-8/h9-15,33,35-39,52H,1,16-28H2,2-8H3,(H,50,55)(H,51,53)/t33-,35?,36?,37?,38-,39?,45-,46+,47+,48-/m0/s1. The van der Waals surface area contributed by atoms with Crippen molar-refractivity contribution in [2.24, 2.45) is 56.7 Å². The summed E-state index contributed by atoms with van der Waals surface area (Å²) >= 11 is 0. The SMILES string of the molecule is C=C(C)[C@@H]1CC[C@]2(C(=O)NCCc3cccc(C(=O)NCc4ccc(C(=O)OC)cc4)c3F)CC[C@]3(C)C(CCC4[C@@]5(C)CC[C@H](O)C(C)(C)C5CC[C@]43C)C12. The summed E-state index contributed by atoms with van der Waals surface area (Å²) in [6, 6.07) is 11.6. The predicted octanol–water partition coefficient (Wildman–Crippen LogP) is 9.22. The number of methoxy groups -OCH3 is 1. The number of fused-ring (bicyclic) bond motifs is 7. The molecule has 0 radical (unpaired) electrons. The van der Waals surface area contributed by atoms with Crippen LogP contribution >= 0.6 is 0 Å². The van der Waals surface area contributed by atoms with Crippen LogP contribution in [0.1, 0.15) is 138 Å². The van der Waals surface area contributed by atoms with Gasteiger partial charge in [0.2, 0.25) is 5.91 Å². The number of amides is 2. The van der Waals surface area contributed by atoms with Crippen LogP contribution in [0.4, 0.5) is 4.39 Å². The Morgan fingerprint density at radius 3 is 2.29 bits per heavy atom. The van der Waals surface area contributed by atoms with E-state index in [-0.39, 0.29) is 58.1 Å². The lowest BCUT2D eigenvalue weighted by Crippen LogP contribution is -2.67. The van der Waals surface area contributed by atoms with E-state index in [4.69, 9.17) is 4.74 Å². The van der Waals surface area contributed by atoms with Gasteiger partial charge in [0, 0.05) is 13.1 Å². The summed E-state index contributed by atoms with van der Waals surface area (Å²) in [6.45, 7) is 19.5. The van der Waals surface area contributed by atoms with Crippen LogP contribution in [-0.4, -0.2) is 42.6 Å². The van der Waals surface area contributed by atoms with Crippen molar-refractivity contribution in [1.29, 1.82) is 0 Å². The molecule has 5 aliphatic carbocycles. The Bertz CT molecular complexity index is 1870. The molecule has 7 rings (SSSR count). The van der Waals surface area contributed by atoms with Crippen LogP contribution in [0.25, 0.3) is 0 Å². The Balaban J connectivity index is 1.04. The van der Waals surface area contributed by atoms with E-state index in [0.717, 1.165) is 56.9 Å². The zero-order valence-corrected chi connectivity index (χ0v) is 34.9. The normalized spacial score (nSPS) is 36.9. The van der Waals surface area contributed by atoms with Crippen molar-refractivity contribution in [3.05, 3.63) is 82.7 Å². The molecule has 0 heterocycles. The molecule has 2 aromatic carbocycles. The van der Waals surface area contributed by atoms with Crippen molar-refractivity contribution >= 4 is 17.8 Å². The number of aliphatic hydroxyl groups excluding tert-OH is 1. The number of carbonyl (C=O) groups is 3. The number of nitrogens with one attached hydrogen (secondary N) is 2. The van der Waals surface area contributed by atoms with Crippen LogP contribution in [0.3, 0.4) is 0 Å². The number of halogens is 1. The summed E-state index contributed by atoms with van der Waals surface area (Å²) in [5.41, 5.74) is 2.64. The summed E-state index contributed by atoms with van der Waals surface area (Å²) < 4.78 is 20.5. The maximum atomic E-state index is 15.8. The van der Waals surface area contributed by atoms with E-state index in [1.165, 1.54) is 31.6 Å². The largest absolute Gasteiger partial charge is 0.465 e. The van der Waals surface area contributed by atoms with Gasteiger partial charge >= 0.3 is 5.97 Å². The van der Waals surface area contributed by atoms with Crippen LogP contribution in [0, 0.1) is 62.5 Å². The lowest BCUT2D eigenvalue weighted by molar-refractivity contribution is -0.246. The minimum Gasteiger partial charge on any atom is -0.465 e. The van der Waals surface area contributed by atoms with Gasteiger partial charge < -0.3 is 20.5 Å². The lowest BCUT2D eigenvalue weighted by Gasteiger charge is -2.72. The number of ether oxygens (including phenoxy) is 1. The number of hydrogen-bond donors (Lipinski definition) is 3. The lowest BCUT2D eigenvalue weighted by atomic mass is 9.32. The quantitative estimate of drug-likeness (QED) is 0.174. The number of aliphatic hydroxyl groups is 1. The number of carbonyl (C=O) groups excluding carboxylic acids is 3. The molecule has 2 aromatic rings. The fourth-order valence-electron chi connectivity index (χ4n) is 14.1. The van der Waals surface area contributed by atoms with E-state index >= 15 is 4.39 Å². The van der Waals surface area contributed by atoms with Gasteiger partial charge in [0.15, 0.2) is 0 Å². The first-order chi connectivity index (χ1) is 26.4. The number of rotatable bonds is 9. The number of hydrogen-bond acceptors (Lipinski definition) is 5. The van der Waals surface area contributed by atoms with Gasteiger partial charge in [-0.2, -0.15) is 0 Å². The van der Waals surface area contributed by atoms with Crippen LogP contribution < -0.4 is 10.6 Å². The van der Waals surface area contributed by atoms with Crippen molar-refractivity contribution in [3.63, 3.8) is 0 Å². The molecule has 0 saturated heterocycles. The minimum absolute atomic E-state index is 0.0368. The van der Waals surface area contributed by atoms with E-state index in [1.54, 1.807) is 36.4 Å². The van der Waals surface area contributed by atoms with Crippen molar-refractivity contribution in [3.8, 4) is 0 Å². The van der Waals surface area contributed by atoms with Crippen molar-refractivity contribution < 1.29 is 28.6 Å². The first-order valence-electron chi connectivity index (χ1n) is 21.3. The molecule has 56 heavy (non-hydrogen) atoms. The molecule has 7 nitrogen and oxygen atoms in total. The Kier molecular flexibility index (Phi) is 10.7. The fraction of sp³-hybridized carbons (Fsp3) is 0.646. The van der Waals surface area contributed by atoms with Crippen LogP contribution in [0.5, 0.6) is 0 Å². The molecular weight excluding hydrogens is 704 g/mol. The third-order valence-corrected chi connectivity index (χ3v) is 17.3. The second-order valence-electron chi connectivity index (χ2n) is 19.9. The second kappa shape index (κ2) is 14.7. The van der Waals surface area contributed by atoms with Crippen LogP contribution in [0.2, 0.25) is 0 Å². The zero-order chi connectivity index (χ0) is 40.4. The number of allylic oxidation sites excluding steroid dienone is 1. The van der Waals surface area contributed by atoms with Gasteiger partial charge in [-0.3, -0.25) is 9.59 Å². The molecule has 0 aromatic heterocycles. The predicted molar refractivity (Wildman–Crippen MR) is 217 cm³/mol. The average Bonchev–Trinajstić information content (AvgIpc) is 3.58. The molecule has 3 N–H and O–H groups in total. The summed E-state index contributed by atoms with van der Waals surface area (Å²) in [6.07, 6.45) is 10.4. The van der Waals surface area contributed by atoms with Gasteiger partial charge in [-0.15, -0.1) is 0 Å². The molecule has 4 unspecified atom stereocenters. The molecule has 5 aliphatic rings. The molecule has 5 fully saturated rings. The third kappa shape index (κ3) is 6.26. The molecule has 2 amide bonds. The van der Waals surface area contributed by atoms with Crippen LogP contribution in [-0.2, 0) is 22.5 Å². The van der Waals surface area contributed by atoms with Crippen LogP contribution in [0.15, 0.2) is 54.6 Å². The number of benzene rings is 2. The van der Waals surface area contributed by atoms with E-state index < -0.39 is 23.1 Å². The van der Waals surface area contributed by atoms with Gasteiger partial charge in [0.1, 0.15) is 5.82 Å². The smallest absolute Gasteiger partial charge is 0.337 e. The topological polar surface area (TPSA) is 105 Å². The molecule has 0 spiro atoms. The van der Waals surface area contributed by atoms with E-state index in [0.29, 0.717) is 41.3 Å². The van der Waals surface area contributed by atoms with E-state index in [2.05, 4.69) is 58.8 Å². The minimum atomic E-state index is -0.572. The molecule has 5 saturated carbocycles. The van der Waals surface area contributed by atoms with Gasteiger partial charge in [-0.25, -0.2) is 9.18 Å². The first-order valence-corrected chi connectivity index (χ1v) is 21.3. The van der Waals surface area contributed by atoms with Gasteiger partial charge in [0.25, 0.3) is 5.91 Å². The highest BCUT2D eigenvalue weighted by molar-refractivity contribution is 5.94. The van der Waals surface area contributed by atoms with Crippen molar-refractivity contribution in [2.45, 2.75) is 125 Å². The average molecular weight is 769 g/mol. The first kappa shape index (κ1) is 40.7. The highest BCUT2D eigenvalue weighted by atomic mass is 19.1. The Labute approximate surface area is 334 Å². The monoisotopic (exact) mass is 768 g/mol. The highest BCUT2D eigenvalue weighted by Gasteiger charge is 2.71. The molecule has 0 bridgehead atoms. The van der Waals surface area contributed by atoms with Crippen molar-refractivity contribution in [2.75, 3.05) is 13.7 Å². The van der Waals surface area contributed by atoms with E-state index in [1.807, 2.05) is 0 Å². The summed E-state index contributed by atoms with van der Waals surface area (Å²) in [5.74, 6) is 0.638. The summed E-state index contributed by atoms with van der Waals surface area (Å²) in [5, 5.41) is 17.2. The summed E-state index contributed by atoms with van der Waals surface area (Å²) in [7, 11) is 1.32. The highest BCUT2D eigenvalue weighted by Crippen LogP contribution is 2.77. The Hall–Kier alpha value is -3.52. The maximum absolute atomic E-state index is 15.8. The van der Waals surface area contributed by atoms with Gasteiger partial charge in [0.05, 0.1) is 29.8 Å². The Morgan fingerprint density at radius 1 is 0.857 bits per heavy atom. The molecule has 10 atom stereocenters. The summed E-state index contributed by atoms with van der Waals surface area (Å²) in [4.78, 5) is 39.5. The molecule has 304 valence electrons. The number of esters is 1. The second-order valence-corrected chi connectivity index (χ2v) is 19.9. The molecule has 0 aliphatic heterocycles. The van der Waals surface area contributed by atoms with Gasteiger partial charge in [-0.05, 0) is 158 Å². The molecule has 8 heteroatoms. The van der Waals surface area contributed by atoms with Crippen molar-refractivity contribution in [1.82, 2.24) is 10.6 Å². The fourth-order valence-corrected chi connectivity index (χ4v) is 14.1. The van der Waals surface area contributed by atoms with Gasteiger partial charge in [-0.1, -0.05) is 71.0 Å². The third-order valence-electron chi connectivity index (χ3n) is 17.3. The van der Waals surface area contributed by atoms with E-state index in [9.17, 15) is 19.5 Å². The Morgan fingerprint density at radius 2 is 1.59 bits per heavy atom. The molecular formula is C48H65FN2O5. The zero-order valence-electron chi connectivity index (χ0n) is 34.9. The maximum Gasteiger partial charge on any atom is 0.337 e.